The molecule has 100 valence electrons. The van der Waals surface area contributed by atoms with E-state index in [2.05, 4.69) is 9.47 Å². The molecule has 0 amide bonds. The van der Waals surface area contributed by atoms with E-state index in [9.17, 15) is 18.0 Å². The summed E-state index contributed by atoms with van der Waals surface area (Å²) < 4.78 is 32.1. The lowest BCUT2D eigenvalue weighted by molar-refractivity contribution is -0.143. The standard InChI is InChI=1S/C10H18O6S/c1-3-15-9(11)5-7-17(13,14)8-6-10(12)16-4-2/h3-8H2,1-2H3. The van der Waals surface area contributed by atoms with Gasteiger partial charge in [-0.25, -0.2) is 8.42 Å². The smallest absolute Gasteiger partial charge is 0.306 e. The average molecular weight is 266 g/mol. The van der Waals surface area contributed by atoms with Crippen LogP contribution >= 0.6 is 0 Å². The fraction of sp³-hybridized carbons (Fsp3) is 0.800. The Balaban J connectivity index is 3.96. The van der Waals surface area contributed by atoms with Gasteiger partial charge < -0.3 is 9.47 Å². The summed E-state index contributed by atoms with van der Waals surface area (Å²) in [7, 11) is -3.41. The van der Waals surface area contributed by atoms with Gasteiger partial charge >= 0.3 is 11.9 Å². The molecule has 0 spiro atoms. The van der Waals surface area contributed by atoms with E-state index < -0.39 is 21.8 Å². The van der Waals surface area contributed by atoms with Crippen molar-refractivity contribution in [3.05, 3.63) is 0 Å². The Bertz CT molecular complexity index is 318. The van der Waals surface area contributed by atoms with Crippen molar-refractivity contribution < 1.29 is 27.5 Å². The van der Waals surface area contributed by atoms with Crippen molar-refractivity contribution in [1.29, 1.82) is 0 Å². The predicted octanol–water partition coefficient (Wildman–Crippen LogP) is 0.308. The van der Waals surface area contributed by atoms with Gasteiger partial charge in [-0.2, -0.15) is 0 Å². The zero-order valence-corrected chi connectivity index (χ0v) is 10.9. The molecule has 7 heteroatoms. The molecule has 6 nitrogen and oxygen atoms in total. The first-order valence-corrected chi connectivity index (χ1v) is 7.25. The molecule has 17 heavy (non-hydrogen) atoms. The quantitative estimate of drug-likeness (QED) is 0.587. The first-order chi connectivity index (χ1) is 7.91. The van der Waals surface area contributed by atoms with E-state index in [1.165, 1.54) is 0 Å². The minimum Gasteiger partial charge on any atom is -0.466 e. The number of hydrogen-bond donors (Lipinski definition) is 0. The maximum absolute atomic E-state index is 11.4. The molecule has 0 aromatic heterocycles. The van der Waals surface area contributed by atoms with Gasteiger partial charge in [0.2, 0.25) is 0 Å². The first-order valence-electron chi connectivity index (χ1n) is 5.43. The first kappa shape index (κ1) is 15.9. The number of carbonyl (C=O) groups is 2. The van der Waals surface area contributed by atoms with Crippen LogP contribution in [-0.4, -0.2) is 45.1 Å². The van der Waals surface area contributed by atoms with Crippen molar-refractivity contribution in [1.82, 2.24) is 0 Å². The predicted molar refractivity (Wildman–Crippen MR) is 61.2 cm³/mol. The SMILES string of the molecule is CCOC(=O)CCS(=O)(=O)CCC(=O)OCC. The molecule has 0 heterocycles. The maximum atomic E-state index is 11.4. The minimum atomic E-state index is -3.41. The molecule has 0 atom stereocenters. The molecule has 0 radical (unpaired) electrons. The van der Waals surface area contributed by atoms with E-state index in [4.69, 9.17) is 0 Å². The van der Waals surface area contributed by atoms with Crippen LogP contribution in [0.2, 0.25) is 0 Å². The molecule has 0 rings (SSSR count). The topological polar surface area (TPSA) is 86.7 Å². The third kappa shape index (κ3) is 8.67. The molecular formula is C10H18O6S. The zero-order chi connectivity index (χ0) is 13.3. The average Bonchev–Trinajstić information content (AvgIpc) is 2.25. The van der Waals surface area contributed by atoms with Crippen LogP contribution in [0.4, 0.5) is 0 Å². The van der Waals surface area contributed by atoms with Gasteiger partial charge in [0.1, 0.15) is 0 Å². The van der Waals surface area contributed by atoms with Crippen molar-refractivity contribution >= 4 is 21.8 Å². The van der Waals surface area contributed by atoms with Crippen LogP contribution < -0.4 is 0 Å². The maximum Gasteiger partial charge on any atom is 0.306 e. The van der Waals surface area contributed by atoms with Crippen molar-refractivity contribution in [2.45, 2.75) is 26.7 Å². The Hall–Kier alpha value is -1.11. The molecule has 0 aliphatic rings. The number of hydrogen-bond acceptors (Lipinski definition) is 6. The number of carbonyl (C=O) groups excluding carboxylic acids is 2. The fourth-order valence-corrected chi connectivity index (χ4v) is 2.21. The van der Waals surface area contributed by atoms with Gasteiger partial charge in [0, 0.05) is 0 Å². The third-order valence-corrected chi connectivity index (χ3v) is 3.50. The van der Waals surface area contributed by atoms with E-state index in [-0.39, 0.29) is 37.6 Å². The van der Waals surface area contributed by atoms with Crippen molar-refractivity contribution in [2.75, 3.05) is 24.7 Å². The Morgan fingerprint density at radius 3 is 1.53 bits per heavy atom. The van der Waals surface area contributed by atoms with E-state index in [1.54, 1.807) is 13.8 Å². The van der Waals surface area contributed by atoms with Crippen LogP contribution in [0.3, 0.4) is 0 Å². The summed E-state index contributed by atoms with van der Waals surface area (Å²) in [5.41, 5.74) is 0. The lowest BCUT2D eigenvalue weighted by Crippen LogP contribution is -2.18. The zero-order valence-electron chi connectivity index (χ0n) is 10.1. The van der Waals surface area contributed by atoms with E-state index >= 15 is 0 Å². The van der Waals surface area contributed by atoms with Gasteiger partial charge in [-0.3, -0.25) is 9.59 Å². The molecule has 0 unspecified atom stereocenters. The fourth-order valence-electron chi connectivity index (χ4n) is 1.05. The van der Waals surface area contributed by atoms with Gasteiger partial charge in [-0.05, 0) is 13.8 Å². The second kappa shape index (κ2) is 8.05. The summed E-state index contributed by atoms with van der Waals surface area (Å²) in [5.74, 6) is -1.70. The lowest BCUT2D eigenvalue weighted by Gasteiger charge is -2.04. The molecule has 0 aliphatic carbocycles. The van der Waals surface area contributed by atoms with Crippen molar-refractivity contribution in [2.24, 2.45) is 0 Å². The minimum absolute atomic E-state index is 0.182. The molecule has 0 aromatic carbocycles. The summed E-state index contributed by atoms with van der Waals surface area (Å²) in [5, 5.41) is 0. The summed E-state index contributed by atoms with van der Waals surface area (Å²) in [4.78, 5) is 21.9. The second-order valence-corrected chi connectivity index (χ2v) is 5.57. The highest BCUT2D eigenvalue weighted by Crippen LogP contribution is 2.00. The molecule has 0 aliphatic heterocycles. The summed E-state index contributed by atoms with van der Waals surface area (Å²) >= 11 is 0. The highest BCUT2D eigenvalue weighted by atomic mass is 32.2. The summed E-state index contributed by atoms with van der Waals surface area (Å²) in [6.45, 7) is 3.74. The van der Waals surface area contributed by atoms with Crippen LogP contribution in [0.5, 0.6) is 0 Å². The number of esters is 2. The van der Waals surface area contributed by atoms with E-state index in [1.807, 2.05) is 0 Å². The van der Waals surface area contributed by atoms with Crippen molar-refractivity contribution in [3.63, 3.8) is 0 Å². The van der Waals surface area contributed by atoms with Gasteiger partial charge in [-0.15, -0.1) is 0 Å². The molecule has 0 saturated heterocycles. The Morgan fingerprint density at radius 2 is 1.24 bits per heavy atom. The van der Waals surface area contributed by atoms with Crippen LogP contribution in [0.25, 0.3) is 0 Å². The van der Waals surface area contributed by atoms with E-state index in [0.717, 1.165) is 0 Å². The van der Waals surface area contributed by atoms with Gasteiger partial charge in [0.05, 0.1) is 37.6 Å². The van der Waals surface area contributed by atoms with Crippen LogP contribution in [0, 0.1) is 0 Å². The second-order valence-electron chi connectivity index (χ2n) is 3.26. The number of ether oxygens (including phenoxy) is 2. The largest absolute Gasteiger partial charge is 0.466 e. The van der Waals surface area contributed by atoms with Crippen LogP contribution in [-0.2, 0) is 28.9 Å². The number of sulfone groups is 1. The van der Waals surface area contributed by atoms with Crippen LogP contribution in [0.15, 0.2) is 0 Å². The van der Waals surface area contributed by atoms with Gasteiger partial charge in [0.15, 0.2) is 9.84 Å². The summed E-state index contributed by atoms with van der Waals surface area (Å²) in [6, 6.07) is 0. The molecular weight excluding hydrogens is 248 g/mol. The number of rotatable bonds is 8. The van der Waals surface area contributed by atoms with Crippen LogP contribution in [0.1, 0.15) is 26.7 Å². The van der Waals surface area contributed by atoms with Gasteiger partial charge in [0.25, 0.3) is 0 Å². The van der Waals surface area contributed by atoms with E-state index in [0.29, 0.717) is 0 Å². The lowest BCUT2D eigenvalue weighted by atomic mass is 10.5. The highest BCUT2D eigenvalue weighted by Gasteiger charge is 2.16. The van der Waals surface area contributed by atoms with Crippen molar-refractivity contribution in [3.8, 4) is 0 Å². The molecule has 0 saturated carbocycles. The Labute approximate surface area is 101 Å². The Kier molecular flexibility index (Phi) is 7.53. The van der Waals surface area contributed by atoms with Gasteiger partial charge in [-0.1, -0.05) is 0 Å². The Morgan fingerprint density at radius 1 is 0.882 bits per heavy atom. The summed E-state index contributed by atoms with van der Waals surface area (Å²) in [6.07, 6.45) is -0.363. The highest BCUT2D eigenvalue weighted by molar-refractivity contribution is 7.91. The molecule has 0 aromatic rings. The molecule has 0 fully saturated rings. The monoisotopic (exact) mass is 266 g/mol. The molecule has 0 bridgehead atoms. The normalized spacial score (nSPS) is 10.9. The third-order valence-electron chi connectivity index (χ3n) is 1.85. The molecule has 0 N–H and O–H groups in total.